The van der Waals surface area contributed by atoms with Crippen molar-refractivity contribution in [3.05, 3.63) is 23.2 Å². The summed E-state index contributed by atoms with van der Waals surface area (Å²) in [6.45, 7) is 1.99. The lowest BCUT2D eigenvalue weighted by Gasteiger charge is -2.47. The standard InChI is InChI=1S/C24H38N2O4/c1-14(2)9-17-13-26-8-7-16-10-21(28-5)22(29-6)11-18(16)19(26)12-20(17)30-24(27)23(25)15(3)4/h10-11,14-15,17,19-20,23H,7-9,12-13,25H2,1-6H3/t17?,19?,20?,23-/m0/s1/i1D3,9D2,10D,11D,14D/t14?,17?,19?,20?,23-. The molecule has 0 saturated carbocycles. The summed E-state index contributed by atoms with van der Waals surface area (Å²) in [6, 6.07) is -1.37. The monoisotopic (exact) mass is 426 g/mol. The summed E-state index contributed by atoms with van der Waals surface area (Å²) in [5, 5.41) is 0. The van der Waals surface area contributed by atoms with Crippen LogP contribution in [0.3, 0.4) is 0 Å². The van der Waals surface area contributed by atoms with Crippen molar-refractivity contribution in [1.82, 2.24) is 4.90 Å². The normalized spacial score (nSPS) is 31.6. The van der Waals surface area contributed by atoms with E-state index in [-0.39, 0.29) is 42.5 Å². The van der Waals surface area contributed by atoms with Gasteiger partial charge in [-0.2, -0.15) is 0 Å². The van der Waals surface area contributed by atoms with Gasteiger partial charge in [0, 0.05) is 39.7 Å². The maximum absolute atomic E-state index is 12.9. The Bertz CT molecular complexity index is 1060. The lowest BCUT2D eigenvalue weighted by atomic mass is 9.79. The van der Waals surface area contributed by atoms with Gasteiger partial charge < -0.3 is 19.9 Å². The average molecular weight is 427 g/mol. The Morgan fingerprint density at radius 2 is 2.07 bits per heavy atom. The van der Waals surface area contributed by atoms with E-state index in [1.807, 2.05) is 4.90 Å². The lowest BCUT2D eigenvalue weighted by molar-refractivity contribution is -0.160. The number of carbonyl (C=O) groups excluding carboxylic acids is 1. The molecule has 1 fully saturated rings. The fourth-order valence-corrected chi connectivity index (χ4v) is 4.17. The average Bonchev–Trinajstić information content (AvgIpc) is 2.83. The van der Waals surface area contributed by atoms with Gasteiger partial charge in [-0.1, -0.05) is 27.6 Å². The van der Waals surface area contributed by atoms with Crippen LogP contribution in [0.15, 0.2) is 12.1 Å². The van der Waals surface area contributed by atoms with Crippen LogP contribution in [0.1, 0.15) is 68.6 Å². The fourth-order valence-electron chi connectivity index (χ4n) is 4.17. The van der Waals surface area contributed by atoms with Gasteiger partial charge >= 0.3 is 5.97 Å². The van der Waals surface area contributed by atoms with E-state index in [1.54, 1.807) is 13.8 Å². The second-order valence-electron chi connectivity index (χ2n) is 8.33. The first kappa shape index (κ1) is 14.3. The molecule has 4 unspecified atom stereocenters. The number of hydrogen-bond donors (Lipinski definition) is 1. The Morgan fingerprint density at radius 3 is 2.70 bits per heavy atom. The second kappa shape index (κ2) is 9.56. The van der Waals surface area contributed by atoms with Gasteiger partial charge in [-0.3, -0.25) is 9.69 Å². The van der Waals surface area contributed by atoms with Gasteiger partial charge in [0.2, 0.25) is 0 Å². The predicted molar refractivity (Wildman–Crippen MR) is 118 cm³/mol. The number of ether oxygens (including phenoxy) is 3. The van der Waals surface area contributed by atoms with Crippen LogP contribution in [-0.4, -0.2) is 50.3 Å². The molecule has 1 aromatic carbocycles. The zero-order chi connectivity index (χ0) is 29.0. The van der Waals surface area contributed by atoms with E-state index in [0.29, 0.717) is 24.1 Å². The highest BCUT2D eigenvalue weighted by Crippen LogP contribution is 2.44. The molecule has 168 valence electrons. The molecule has 0 spiro atoms. The van der Waals surface area contributed by atoms with Gasteiger partial charge in [0.15, 0.2) is 11.5 Å². The Morgan fingerprint density at radius 1 is 1.37 bits per heavy atom. The van der Waals surface area contributed by atoms with Crippen LogP contribution in [0, 0.1) is 17.7 Å². The topological polar surface area (TPSA) is 74.0 Å². The molecular weight excluding hydrogens is 380 g/mol. The molecule has 0 radical (unpaired) electrons. The molecule has 6 heteroatoms. The third kappa shape index (κ3) is 4.75. The van der Waals surface area contributed by atoms with Gasteiger partial charge in [-0.05, 0) is 47.8 Å². The third-order valence-corrected chi connectivity index (χ3v) is 5.87. The van der Waals surface area contributed by atoms with Crippen molar-refractivity contribution in [2.75, 3.05) is 27.3 Å². The maximum atomic E-state index is 12.9. The van der Waals surface area contributed by atoms with E-state index in [1.165, 1.54) is 14.2 Å². The molecular formula is C24H38N2O4. The molecule has 5 atom stereocenters. The number of fused-ring (bicyclic) bond motifs is 3. The molecule has 0 amide bonds. The van der Waals surface area contributed by atoms with E-state index < -0.39 is 49.2 Å². The lowest BCUT2D eigenvalue weighted by Crippen LogP contribution is -2.51. The van der Waals surface area contributed by atoms with Crippen LogP contribution in [0.2, 0.25) is 0 Å². The van der Waals surface area contributed by atoms with Crippen molar-refractivity contribution in [2.45, 2.75) is 65.0 Å². The quantitative estimate of drug-likeness (QED) is 0.672. The summed E-state index contributed by atoms with van der Waals surface area (Å²) in [5.41, 5.74) is 7.13. The predicted octanol–water partition coefficient (Wildman–Crippen LogP) is 3.56. The zero-order valence-corrected chi connectivity index (χ0v) is 18.4. The second-order valence-corrected chi connectivity index (χ2v) is 8.33. The number of nitrogens with two attached hydrogens (primary N) is 1. The van der Waals surface area contributed by atoms with Crippen LogP contribution in [-0.2, 0) is 16.0 Å². The minimum absolute atomic E-state index is 0.0162. The minimum atomic E-state index is -2.94. The summed E-state index contributed by atoms with van der Waals surface area (Å²) in [7, 11) is 2.79. The van der Waals surface area contributed by atoms with Gasteiger partial charge in [0.05, 0.1) is 17.0 Å². The van der Waals surface area contributed by atoms with Crippen LogP contribution < -0.4 is 15.2 Å². The van der Waals surface area contributed by atoms with Gasteiger partial charge in [0.25, 0.3) is 0 Å². The zero-order valence-electron chi connectivity index (χ0n) is 26.4. The van der Waals surface area contributed by atoms with Crippen molar-refractivity contribution in [1.29, 1.82) is 0 Å². The van der Waals surface area contributed by atoms with Crippen molar-refractivity contribution in [2.24, 2.45) is 23.5 Å². The number of piperidine rings is 1. The number of methoxy groups -OCH3 is 2. The Hall–Kier alpha value is -1.79. The van der Waals surface area contributed by atoms with E-state index in [0.717, 1.165) is 6.92 Å². The summed E-state index contributed by atoms with van der Waals surface area (Å²) in [5.74, 6) is -4.39. The molecule has 0 bridgehead atoms. The molecule has 2 heterocycles. The smallest absolute Gasteiger partial charge is 0.323 e. The van der Waals surface area contributed by atoms with Gasteiger partial charge in [-0.15, -0.1) is 0 Å². The van der Waals surface area contributed by atoms with E-state index in [4.69, 9.17) is 30.9 Å². The highest BCUT2D eigenvalue weighted by Gasteiger charge is 2.41. The van der Waals surface area contributed by atoms with Crippen molar-refractivity contribution in [3.8, 4) is 11.5 Å². The van der Waals surface area contributed by atoms with Crippen LogP contribution in [0.25, 0.3) is 0 Å². The molecule has 2 N–H and O–H groups in total. The summed E-state index contributed by atoms with van der Waals surface area (Å²) >= 11 is 0. The first-order valence-electron chi connectivity index (χ1n) is 14.4. The Kier molecular flexibility index (Phi) is 4.56. The number of rotatable bonds is 7. The first-order chi connectivity index (χ1) is 17.4. The van der Waals surface area contributed by atoms with Gasteiger partial charge in [-0.25, -0.2) is 0 Å². The number of carbonyl (C=O) groups is 1. The highest BCUT2D eigenvalue weighted by atomic mass is 16.5. The molecule has 0 aromatic heterocycles. The van der Waals surface area contributed by atoms with Crippen LogP contribution in [0.5, 0.6) is 11.5 Å². The molecule has 2 aliphatic heterocycles. The number of esters is 1. The van der Waals surface area contributed by atoms with E-state index >= 15 is 0 Å². The van der Waals surface area contributed by atoms with Crippen LogP contribution in [0.4, 0.5) is 0 Å². The number of hydrogen-bond acceptors (Lipinski definition) is 6. The van der Waals surface area contributed by atoms with Crippen LogP contribution >= 0.6 is 0 Å². The van der Waals surface area contributed by atoms with E-state index in [9.17, 15) is 4.79 Å². The molecule has 0 aliphatic carbocycles. The third-order valence-electron chi connectivity index (χ3n) is 5.87. The molecule has 30 heavy (non-hydrogen) atoms. The minimum Gasteiger partial charge on any atom is -0.493 e. The van der Waals surface area contributed by atoms with E-state index in [2.05, 4.69) is 0 Å². The molecule has 1 saturated heterocycles. The summed E-state index contributed by atoms with van der Waals surface area (Å²) in [6.07, 6.45) is -3.29. The fraction of sp³-hybridized carbons (Fsp3) is 0.708. The van der Waals surface area contributed by atoms with Gasteiger partial charge in [0.1, 0.15) is 12.1 Å². The molecule has 6 nitrogen and oxygen atoms in total. The Balaban J connectivity index is 2.13. The highest BCUT2D eigenvalue weighted by molar-refractivity contribution is 5.76. The summed E-state index contributed by atoms with van der Waals surface area (Å²) in [4.78, 5) is 14.9. The van der Waals surface area contributed by atoms with Crippen molar-refractivity contribution >= 4 is 5.97 Å². The largest absolute Gasteiger partial charge is 0.493 e. The van der Waals surface area contributed by atoms with Crippen molar-refractivity contribution < 1.29 is 30.0 Å². The molecule has 1 aromatic rings. The molecule has 3 rings (SSSR count). The molecule has 2 aliphatic rings. The number of nitrogens with zero attached hydrogens (tertiary/aromatic N) is 1. The van der Waals surface area contributed by atoms with Crippen molar-refractivity contribution in [3.63, 3.8) is 0 Å². The first-order valence-corrected chi connectivity index (χ1v) is 10.4. The Labute approximate surface area is 192 Å². The number of benzene rings is 1. The maximum Gasteiger partial charge on any atom is 0.323 e. The summed E-state index contributed by atoms with van der Waals surface area (Å²) < 4.78 is 83.9. The SMILES string of the molecule is [2H]c1c2c(c([2H])c(OC)c1OC)C1CC(OC(=O)[C@@H](N)C(C)C)C(C([2H])([2H])C([2H])(C)C([2H])([2H])[2H])CN1CC2.